The van der Waals surface area contributed by atoms with Crippen molar-refractivity contribution in [2.45, 2.75) is 26.7 Å². The van der Waals surface area contributed by atoms with E-state index in [9.17, 15) is 4.79 Å². The van der Waals surface area contributed by atoms with Crippen molar-refractivity contribution in [3.63, 3.8) is 0 Å². The molecule has 3 heteroatoms. The summed E-state index contributed by atoms with van der Waals surface area (Å²) < 4.78 is 5.60. The third kappa shape index (κ3) is 5.30. The highest BCUT2D eigenvalue weighted by Gasteiger charge is 2.02. The minimum Gasteiger partial charge on any atom is -0.494 e. The van der Waals surface area contributed by atoms with Gasteiger partial charge in [-0.25, -0.2) is 0 Å². The van der Waals surface area contributed by atoms with Crippen LogP contribution in [0, 0.1) is 13.8 Å². The monoisotopic (exact) mass is 283 g/mol. The lowest BCUT2D eigenvalue weighted by Gasteiger charge is -2.08. The highest BCUT2D eigenvalue weighted by atomic mass is 16.5. The number of anilines is 1. The molecule has 0 fully saturated rings. The molecule has 21 heavy (non-hydrogen) atoms. The first-order valence-corrected chi connectivity index (χ1v) is 7.19. The summed E-state index contributed by atoms with van der Waals surface area (Å²) in [5.74, 6) is 0.868. The molecule has 0 saturated carbocycles. The molecule has 0 atom stereocenters. The molecule has 0 aliphatic heterocycles. The van der Waals surface area contributed by atoms with E-state index < -0.39 is 0 Å². The van der Waals surface area contributed by atoms with E-state index in [1.807, 2.05) is 62.4 Å². The highest BCUT2D eigenvalue weighted by Crippen LogP contribution is 2.12. The van der Waals surface area contributed by atoms with Gasteiger partial charge in [0.25, 0.3) is 0 Å². The second-order valence-electron chi connectivity index (χ2n) is 5.18. The third-order valence-electron chi connectivity index (χ3n) is 3.14. The van der Waals surface area contributed by atoms with E-state index in [1.165, 1.54) is 5.56 Å². The molecule has 0 aliphatic carbocycles. The molecule has 0 spiro atoms. The van der Waals surface area contributed by atoms with Crippen LogP contribution in [0.1, 0.15) is 24.0 Å². The van der Waals surface area contributed by atoms with Crippen molar-refractivity contribution >= 4 is 11.6 Å². The van der Waals surface area contributed by atoms with Crippen molar-refractivity contribution in [2.24, 2.45) is 0 Å². The molecule has 3 nitrogen and oxygen atoms in total. The van der Waals surface area contributed by atoms with Crippen molar-refractivity contribution < 1.29 is 9.53 Å². The molecule has 0 aliphatic rings. The lowest BCUT2D eigenvalue weighted by Crippen LogP contribution is -2.12. The molecule has 2 aromatic rings. The summed E-state index contributed by atoms with van der Waals surface area (Å²) in [7, 11) is 0. The van der Waals surface area contributed by atoms with Crippen LogP contribution >= 0.6 is 0 Å². The van der Waals surface area contributed by atoms with Gasteiger partial charge in [-0.2, -0.15) is 0 Å². The Kier molecular flexibility index (Phi) is 5.38. The average molecular weight is 283 g/mol. The van der Waals surface area contributed by atoms with Crippen molar-refractivity contribution in [1.29, 1.82) is 0 Å². The van der Waals surface area contributed by atoms with Gasteiger partial charge in [0.1, 0.15) is 5.75 Å². The summed E-state index contributed by atoms with van der Waals surface area (Å²) in [5, 5.41) is 2.89. The summed E-state index contributed by atoms with van der Waals surface area (Å²) in [6, 6.07) is 15.7. The minimum atomic E-state index is 0.0214. The van der Waals surface area contributed by atoms with Gasteiger partial charge in [-0.3, -0.25) is 4.79 Å². The van der Waals surface area contributed by atoms with E-state index in [0.29, 0.717) is 19.4 Å². The van der Waals surface area contributed by atoms with Gasteiger partial charge in [-0.1, -0.05) is 29.8 Å². The molecular weight excluding hydrogens is 262 g/mol. The number of carbonyl (C=O) groups excluding carboxylic acids is 1. The standard InChI is InChI=1S/C18H21NO2/c1-14-8-10-17(11-9-14)21-12-4-7-18(20)19-16-6-3-5-15(2)13-16/h3,5-6,8-11,13H,4,7,12H2,1-2H3,(H,19,20). The molecule has 0 heterocycles. The molecule has 0 saturated heterocycles. The molecule has 2 aromatic carbocycles. The van der Waals surface area contributed by atoms with Gasteiger partial charge in [0.05, 0.1) is 6.61 Å². The number of aryl methyl sites for hydroxylation is 2. The summed E-state index contributed by atoms with van der Waals surface area (Å²) in [4.78, 5) is 11.8. The fraction of sp³-hybridized carbons (Fsp3) is 0.278. The van der Waals surface area contributed by atoms with Crippen LogP contribution in [0.5, 0.6) is 5.75 Å². The normalized spacial score (nSPS) is 10.2. The van der Waals surface area contributed by atoms with Crippen LogP contribution < -0.4 is 10.1 Å². The lowest BCUT2D eigenvalue weighted by molar-refractivity contribution is -0.116. The number of carbonyl (C=O) groups is 1. The maximum absolute atomic E-state index is 11.8. The Hall–Kier alpha value is -2.29. The van der Waals surface area contributed by atoms with E-state index in [4.69, 9.17) is 4.74 Å². The second-order valence-corrected chi connectivity index (χ2v) is 5.18. The van der Waals surface area contributed by atoms with Crippen LogP contribution in [0.15, 0.2) is 48.5 Å². The van der Waals surface area contributed by atoms with Crippen LogP contribution in [0.4, 0.5) is 5.69 Å². The zero-order valence-corrected chi connectivity index (χ0v) is 12.6. The Balaban J connectivity index is 1.68. The first-order valence-electron chi connectivity index (χ1n) is 7.19. The van der Waals surface area contributed by atoms with Gasteiger partial charge in [0.15, 0.2) is 0 Å². The van der Waals surface area contributed by atoms with Crippen LogP contribution in [0.3, 0.4) is 0 Å². The number of hydrogen-bond donors (Lipinski definition) is 1. The minimum absolute atomic E-state index is 0.0214. The number of ether oxygens (including phenoxy) is 1. The highest BCUT2D eigenvalue weighted by molar-refractivity contribution is 5.90. The van der Waals surface area contributed by atoms with Gasteiger partial charge >= 0.3 is 0 Å². The number of amides is 1. The van der Waals surface area contributed by atoms with Crippen LogP contribution in [0.2, 0.25) is 0 Å². The maximum atomic E-state index is 11.8. The summed E-state index contributed by atoms with van der Waals surface area (Å²) in [6.07, 6.45) is 1.16. The SMILES string of the molecule is Cc1ccc(OCCCC(=O)Nc2cccc(C)c2)cc1. The Morgan fingerprint density at radius 3 is 2.52 bits per heavy atom. The molecule has 0 unspecified atom stereocenters. The smallest absolute Gasteiger partial charge is 0.224 e. The fourth-order valence-electron chi connectivity index (χ4n) is 2.00. The fourth-order valence-corrected chi connectivity index (χ4v) is 2.00. The van der Waals surface area contributed by atoms with Crippen molar-refractivity contribution in [2.75, 3.05) is 11.9 Å². The zero-order chi connectivity index (χ0) is 15.1. The van der Waals surface area contributed by atoms with Gasteiger partial charge in [0.2, 0.25) is 5.91 Å². The molecule has 0 bridgehead atoms. The largest absolute Gasteiger partial charge is 0.494 e. The molecular formula is C18H21NO2. The second kappa shape index (κ2) is 7.48. The summed E-state index contributed by atoms with van der Waals surface area (Å²) in [6.45, 7) is 4.59. The van der Waals surface area contributed by atoms with Crippen LogP contribution in [-0.2, 0) is 4.79 Å². The predicted molar refractivity (Wildman–Crippen MR) is 85.7 cm³/mol. The summed E-state index contributed by atoms with van der Waals surface area (Å²) in [5.41, 5.74) is 3.19. The Morgan fingerprint density at radius 1 is 1.05 bits per heavy atom. The third-order valence-corrected chi connectivity index (χ3v) is 3.14. The van der Waals surface area contributed by atoms with E-state index >= 15 is 0 Å². The number of nitrogens with one attached hydrogen (secondary N) is 1. The van der Waals surface area contributed by atoms with Crippen molar-refractivity contribution in [3.8, 4) is 5.75 Å². The number of hydrogen-bond acceptors (Lipinski definition) is 2. The van der Waals surface area contributed by atoms with E-state index in [0.717, 1.165) is 17.0 Å². The van der Waals surface area contributed by atoms with E-state index in [2.05, 4.69) is 5.32 Å². The number of benzene rings is 2. The van der Waals surface area contributed by atoms with Gasteiger partial charge in [-0.05, 0) is 50.1 Å². The molecule has 2 rings (SSSR count). The molecule has 0 radical (unpaired) electrons. The Bertz CT molecular complexity index is 590. The Labute approximate surface area is 126 Å². The maximum Gasteiger partial charge on any atom is 0.224 e. The summed E-state index contributed by atoms with van der Waals surface area (Å²) >= 11 is 0. The molecule has 1 N–H and O–H groups in total. The predicted octanol–water partition coefficient (Wildman–Crippen LogP) is 4.10. The van der Waals surface area contributed by atoms with Crippen molar-refractivity contribution in [3.05, 3.63) is 59.7 Å². The lowest BCUT2D eigenvalue weighted by atomic mass is 10.2. The first-order chi connectivity index (χ1) is 10.1. The first kappa shape index (κ1) is 15.1. The van der Waals surface area contributed by atoms with E-state index in [-0.39, 0.29) is 5.91 Å². The number of rotatable bonds is 6. The van der Waals surface area contributed by atoms with Gasteiger partial charge in [0, 0.05) is 12.1 Å². The quantitative estimate of drug-likeness (QED) is 0.810. The van der Waals surface area contributed by atoms with Crippen LogP contribution in [0.25, 0.3) is 0 Å². The van der Waals surface area contributed by atoms with Crippen LogP contribution in [-0.4, -0.2) is 12.5 Å². The average Bonchev–Trinajstić information content (AvgIpc) is 2.45. The molecule has 110 valence electrons. The van der Waals surface area contributed by atoms with Crippen molar-refractivity contribution in [1.82, 2.24) is 0 Å². The molecule has 1 amide bonds. The zero-order valence-electron chi connectivity index (χ0n) is 12.6. The van der Waals surface area contributed by atoms with E-state index in [1.54, 1.807) is 0 Å². The van der Waals surface area contributed by atoms with Gasteiger partial charge in [-0.15, -0.1) is 0 Å². The Morgan fingerprint density at radius 2 is 1.81 bits per heavy atom. The van der Waals surface area contributed by atoms with Gasteiger partial charge < -0.3 is 10.1 Å². The molecule has 0 aromatic heterocycles. The topological polar surface area (TPSA) is 38.3 Å².